The maximum absolute atomic E-state index is 10.7. The lowest BCUT2D eigenvalue weighted by Gasteiger charge is -2.37. The number of rotatable bonds is 2. The van der Waals surface area contributed by atoms with E-state index in [-0.39, 0.29) is 5.92 Å². The minimum atomic E-state index is -0.487. The fourth-order valence-electron chi connectivity index (χ4n) is 2.68. The predicted octanol–water partition coefficient (Wildman–Crippen LogP) is 4.25. The van der Waals surface area contributed by atoms with Crippen molar-refractivity contribution < 1.29 is 5.11 Å². The molecule has 2 heteroatoms. The molecule has 0 amide bonds. The highest BCUT2D eigenvalue weighted by atomic mass is 79.9. The second kappa shape index (κ2) is 4.89. The van der Waals surface area contributed by atoms with Crippen LogP contribution >= 0.6 is 15.9 Å². The van der Waals surface area contributed by atoms with Crippen molar-refractivity contribution in [3.63, 3.8) is 0 Å². The zero-order valence-electron chi connectivity index (χ0n) is 9.75. The van der Waals surface area contributed by atoms with Crippen molar-refractivity contribution in [1.29, 1.82) is 0 Å². The first kappa shape index (κ1) is 12.1. The normalized spacial score (nSPS) is 21.7. The summed E-state index contributed by atoms with van der Waals surface area (Å²) in [4.78, 5) is 0. The third-order valence-electron chi connectivity index (χ3n) is 3.87. The van der Waals surface area contributed by atoms with Crippen molar-refractivity contribution in [1.82, 2.24) is 0 Å². The number of hydrogen-bond donors (Lipinski definition) is 1. The van der Waals surface area contributed by atoms with Crippen molar-refractivity contribution >= 4 is 15.9 Å². The Balaban J connectivity index is 2.20. The summed E-state index contributed by atoms with van der Waals surface area (Å²) in [5.74, 6) is 0.227. The topological polar surface area (TPSA) is 20.2 Å². The van der Waals surface area contributed by atoms with E-state index in [0.717, 1.165) is 30.2 Å². The Morgan fingerprint density at radius 1 is 1.25 bits per heavy atom. The van der Waals surface area contributed by atoms with Crippen LogP contribution in [-0.4, -0.2) is 10.7 Å². The van der Waals surface area contributed by atoms with Gasteiger partial charge in [0.1, 0.15) is 0 Å². The van der Waals surface area contributed by atoms with Crippen LogP contribution in [0.5, 0.6) is 0 Å². The molecule has 0 aliphatic heterocycles. The van der Waals surface area contributed by atoms with E-state index in [0.29, 0.717) is 0 Å². The molecule has 1 aliphatic rings. The SMILES string of the molecule is CC(c1cccc(Br)c1)C1(O)CCCCC1. The Hall–Kier alpha value is -0.340. The van der Waals surface area contributed by atoms with E-state index in [1.54, 1.807) is 0 Å². The Morgan fingerprint density at radius 2 is 1.94 bits per heavy atom. The molecular formula is C14H19BrO. The quantitative estimate of drug-likeness (QED) is 0.860. The zero-order valence-corrected chi connectivity index (χ0v) is 11.3. The van der Waals surface area contributed by atoms with E-state index in [4.69, 9.17) is 0 Å². The maximum atomic E-state index is 10.7. The minimum absolute atomic E-state index is 0.227. The average Bonchev–Trinajstić information content (AvgIpc) is 2.29. The molecular weight excluding hydrogens is 264 g/mol. The predicted molar refractivity (Wildman–Crippen MR) is 70.6 cm³/mol. The van der Waals surface area contributed by atoms with Gasteiger partial charge in [0.15, 0.2) is 0 Å². The van der Waals surface area contributed by atoms with Crippen molar-refractivity contribution in [2.24, 2.45) is 0 Å². The summed E-state index contributed by atoms with van der Waals surface area (Å²) >= 11 is 3.49. The molecule has 0 radical (unpaired) electrons. The van der Waals surface area contributed by atoms with Gasteiger partial charge in [0, 0.05) is 10.4 Å². The van der Waals surface area contributed by atoms with E-state index in [9.17, 15) is 5.11 Å². The molecule has 1 aromatic rings. The lowest BCUT2D eigenvalue weighted by Crippen LogP contribution is -2.37. The summed E-state index contributed by atoms with van der Waals surface area (Å²) in [7, 11) is 0. The molecule has 1 nitrogen and oxygen atoms in total. The van der Waals surface area contributed by atoms with Crippen LogP contribution in [0, 0.1) is 0 Å². The van der Waals surface area contributed by atoms with Crippen LogP contribution in [-0.2, 0) is 0 Å². The number of halogens is 1. The van der Waals surface area contributed by atoms with Crippen molar-refractivity contribution in [3.8, 4) is 0 Å². The van der Waals surface area contributed by atoms with E-state index in [1.807, 2.05) is 12.1 Å². The van der Waals surface area contributed by atoms with Crippen LogP contribution in [0.3, 0.4) is 0 Å². The van der Waals surface area contributed by atoms with Gasteiger partial charge in [-0.25, -0.2) is 0 Å². The van der Waals surface area contributed by atoms with Crippen LogP contribution in [0.2, 0.25) is 0 Å². The van der Waals surface area contributed by atoms with Gasteiger partial charge < -0.3 is 5.11 Å². The van der Waals surface area contributed by atoms with Crippen LogP contribution < -0.4 is 0 Å². The second-order valence-electron chi connectivity index (χ2n) is 4.94. The smallest absolute Gasteiger partial charge is 0.0713 e. The molecule has 1 saturated carbocycles. The molecule has 1 fully saturated rings. The number of aliphatic hydroxyl groups is 1. The minimum Gasteiger partial charge on any atom is -0.389 e. The molecule has 0 aromatic heterocycles. The Labute approximate surface area is 106 Å². The third-order valence-corrected chi connectivity index (χ3v) is 4.37. The van der Waals surface area contributed by atoms with Gasteiger partial charge >= 0.3 is 0 Å². The summed E-state index contributed by atoms with van der Waals surface area (Å²) in [6, 6.07) is 8.31. The Kier molecular flexibility index (Phi) is 3.70. The highest BCUT2D eigenvalue weighted by molar-refractivity contribution is 9.10. The molecule has 1 aromatic carbocycles. The van der Waals surface area contributed by atoms with E-state index >= 15 is 0 Å². The molecule has 1 atom stereocenters. The molecule has 16 heavy (non-hydrogen) atoms. The largest absolute Gasteiger partial charge is 0.389 e. The first-order chi connectivity index (χ1) is 7.62. The molecule has 88 valence electrons. The van der Waals surface area contributed by atoms with E-state index < -0.39 is 5.60 Å². The van der Waals surface area contributed by atoms with Crippen LogP contribution in [0.1, 0.15) is 50.5 Å². The van der Waals surface area contributed by atoms with Gasteiger partial charge in [0.25, 0.3) is 0 Å². The van der Waals surface area contributed by atoms with Crippen LogP contribution in [0.25, 0.3) is 0 Å². The molecule has 0 bridgehead atoms. The molecule has 0 heterocycles. The number of benzene rings is 1. The first-order valence-electron chi connectivity index (χ1n) is 6.10. The summed E-state index contributed by atoms with van der Waals surface area (Å²) in [5.41, 5.74) is 0.748. The monoisotopic (exact) mass is 282 g/mol. The van der Waals surface area contributed by atoms with Gasteiger partial charge in [-0.2, -0.15) is 0 Å². The molecule has 0 spiro atoms. The van der Waals surface area contributed by atoms with Crippen molar-refractivity contribution in [2.75, 3.05) is 0 Å². The Morgan fingerprint density at radius 3 is 2.56 bits per heavy atom. The standard InChI is InChI=1S/C14H19BrO/c1-11(12-6-5-7-13(15)10-12)14(16)8-3-2-4-9-14/h5-7,10-11,16H,2-4,8-9H2,1H3. The fourth-order valence-corrected chi connectivity index (χ4v) is 3.10. The highest BCUT2D eigenvalue weighted by Crippen LogP contribution is 2.39. The van der Waals surface area contributed by atoms with Gasteiger partial charge in [0.2, 0.25) is 0 Å². The molecule has 1 aliphatic carbocycles. The molecule has 0 saturated heterocycles. The molecule has 1 N–H and O–H groups in total. The average molecular weight is 283 g/mol. The van der Waals surface area contributed by atoms with Gasteiger partial charge in [-0.15, -0.1) is 0 Å². The van der Waals surface area contributed by atoms with Crippen LogP contribution in [0.15, 0.2) is 28.7 Å². The maximum Gasteiger partial charge on any atom is 0.0713 e. The van der Waals surface area contributed by atoms with E-state index in [2.05, 4.69) is 35.0 Å². The summed E-state index contributed by atoms with van der Waals surface area (Å²) < 4.78 is 1.09. The molecule has 2 rings (SSSR count). The third kappa shape index (κ3) is 2.49. The van der Waals surface area contributed by atoms with Gasteiger partial charge in [-0.1, -0.05) is 54.2 Å². The highest BCUT2D eigenvalue weighted by Gasteiger charge is 2.35. The van der Waals surface area contributed by atoms with Crippen molar-refractivity contribution in [3.05, 3.63) is 34.3 Å². The lowest BCUT2D eigenvalue weighted by atomic mass is 9.74. The summed E-state index contributed by atoms with van der Waals surface area (Å²) in [6.07, 6.45) is 5.48. The zero-order chi connectivity index (χ0) is 11.6. The van der Waals surface area contributed by atoms with Gasteiger partial charge in [0.05, 0.1) is 5.60 Å². The van der Waals surface area contributed by atoms with Gasteiger partial charge in [-0.3, -0.25) is 0 Å². The van der Waals surface area contributed by atoms with Gasteiger partial charge in [-0.05, 0) is 30.5 Å². The lowest BCUT2D eigenvalue weighted by molar-refractivity contribution is -0.0168. The number of hydrogen-bond acceptors (Lipinski definition) is 1. The molecule has 1 unspecified atom stereocenters. The first-order valence-corrected chi connectivity index (χ1v) is 6.89. The summed E-state index contributed by atoms with van der Waals surface area (Å²) in [5, 5.41) is 10.7. The van der Waals surface area contributed by atoms with E-state index in [1.165, 1.54) is 12.0 Å². The second-order valence-corrected chi connectivity index (χ2v) is 5.86. The summed E-state index contributed by atoms with van der Waals surface area (Å²) in [6.45, 7) is 2.15. The Bertz CT molecular complexity index is 356. The van der Waals surface area contributed by atoms with Crippen LogP contribution in [0.4, 0.5) is 0 Å². The fraction of sp³-hybridized carbons (Fsp3) is 0.571. The van der Waals surface area contributed by atoms with Crippen molar-refractivity contribution in [2.45, 2.75) is 50.5 Å².